The van der Waals surface area contributed by atoms with Gasteiger partial charge in [0.25, 0.3) is 11.6 Å². The molecule has 0 saturated heterocycles. The first-order chi connectivity index (χ1) is 14.7. The van der Waals surface area contributed by atoms with E-state index in [0.717, 1.165) is 24.2 Å². The summed E-state index contributed by atoms with van der Waals surface area (Å²) >= 11 is 12.2. The molecule has 2 aliphatic rings. The van der Waals surface area contributed by atoms with E-state index in [4.69, 9.17) is 23.2 Å². The topological polar surface area (TPSA) is 81.7 Å². The maximum Gasteiger partial charge on any atom is 0.329 e. The van der Waals surface area contributed by atoms with Crippen molar-refractivity contribution in [3.8, 4) is 0 Å². The molecule has 1 aliphatic carbocycles. The van der Waals surface area contributed by atoms with Crippen LogP contribution in [0.2, 0.25) is 10.0 Å². The second-order valence-electron chi connectivity index (χ2n) is 8.43. The summed E-state index contributed by atoms with van der Waals surface area (Å²) in [4.78, 5) is 27.8. The van der Waals surface area contributed by atoms with Crippen molar-refractivity contribution in [1.29, 1.82) is 0 Å². The average molecular weight is 462 g/mol. The van der Waals surface area contributed by atoms with Crippen LogP contribution < -0.4 is 15.5 Å². The van der Waals surface area contributed by atoms with Crippen LogP contribution in [0.25, 0.3) is 0 Å². The van der Waals surface area contributed by atoms with E-state index in [1.807, 2.05) is 0 Å². The van der Waals surface area contributed by atoms with Crippen molar-refractivity contribution in [2.24, 2.45) is 11.8 Å². The summed E-state index contributed by atoms with van der Waals surface area (Å²) in [7, 11) is 0. The molecule has 2 aromatic rings. The fraction of sp³-hybridized carbons (Fsp3) is 0.391. The lowest BCUT2D eigenvalue weighted by Gasteiger charge is -2.44. The zero-order valence-electron chi connectivity index (χ0n) is 17.4. The first kappa shape index (κ1) is 21.9. The van der Waals surface area contributed by atoms with E-state index in [1.54, 1.807) is 30.3 Å². The van der Waals surface area contributed by atoms with E-state index < -0.39 is 17.7 Å². The number of urea groups is 1. The number of carbonyl (C=O) groups is 2. The summed E-state index contributed by atoms with van der Waals surface area (Å²) in [5, 5.41) is 18.2. The average Bonchev–Trinajstić information content (AvgIpc) is 2.74. The van der Waals surface area contributed by atoms with Gasteiger partial charge in [-0.25, -0.2) is 4.79 Å². The Balaban J connectivity index is 1.79. The molecular formula is C23H25Cl2N3O3. The first-order valence-corrected chi connectivity index (χ1v) is 11.2. The van der Waals surface area contributed by atoms with Crippen molar-refractivity contribution in [3.63, 3.8) is 0 Å². The number of halogens is 2. The number of rotatable bonds is 3. The van der Waals surface area contributed by atoms with Gasteiger partial charge in [0.15, 0.2) is 0 Å². The van der Waals surface area contributed by atoms with E-state index in [0.29, 0.717) is 16.6 Å². The van der Waals surface area contributed by atoms with Crippen LogP contribution in [0.1, 0.15) is 38.7 Å². The third kappa shape index (κ3) is 3.77. The summed E-state index contributed by atoms with van der Waals surface area (Å²) in [6.45, 7) is 4.28. The molecule has 0 radical (unpaired) electrons. The van der Waals surface area contributed by atoms with Crippen molar-refractivity contribution in [1.82, 2.24) is 5.32 Å². The molecule has 2 aromatic carbocycles. The van der Waals surface area contributed by atoms with Crippen LogP contribution in [0.3, 0.4) is 0 Å². The third-order valence-electron chi connectivity index (χ3n) is 6.57. The van der Waals surface area contributed by atoms with Crippen LogP contribution >= 0.6 is 23.2 Å². The number of para-hydroxylation sites is 1. The van der Waals surface area contributed by atoms with E-state index >= 15 is 0 Å². The van der Waals surface area contributed by atoms with Crippen molar-refractivity contribution in [3.05, 3.63) is 58.1 Å². The number of aliphatic hydroxyl groups is 1. The highest BCUT2D eigenvalue weighted by molar-refractivity contribution is 6.42. The number of hydrogen-bond acceptors (Lipinski definition) is 3. The summed E-state index contributed by atoms with van der Waals surface area (Å²) in [5.41, 5.74) is -1.33. The van der Waals surface area contributed by atoms with Gasteiger partial charge in [-0.1, -0.05) is 68.1 Å². The molecule has 8 heteroatoms. The number of carbonyl (C=O) groups excluding carboxylic acids is 2. The van der Waals surface area contributed by atoms with Crippen LogP contribution in [-0.2, 0) is 10.5 Å². The molecular weight excluding hydrogens is 437 g/mol. The van der Waals surface area contributed by atoms with Gasteiger partial charge >= 0.3 is 6.03 Å². The normalized spacial score (nSPS) is 28.0. The van der Waals surface area contributed by atoms with Gasteiger partial charge in [-0.05, 0) is 42.5 Å². The maximum absolute atomic E-state index is 13.6. The first-order valence-electron chi connectivity index (χ1n) is 10.4. The molecule has 4 atom stereocenters. The van der Waals surface area contributed by atoms with Gasteiger partial charge < -0.3 is 15.7 Å². The van der Waals surface area contributed by atoms with Crippen LogP contribution in [0.15, 0.2) is 42.5 Å². The zero-order chi connectivity index (χ0) is 22.3. The lowest BCUT2D eigenvalue weighted by Crippen LogP contribution is -2.64. The van der Waals surface area contributed by atoms with E-state index in [2.05, 4.69) is 24.5 Å². The van der Waals surface area contributed by atoms with Gasteiger partial charge in [0.2, 0.25) is 0 Å². The molecule has 0 aromatic heterocycles. The summed E-state index contributed by atoms with van der Waals surface area (Å²) < 4.78 is 0. The molecule has 1 fully saturated rings. The zero-order valence-corrected chi connectivity index (χ0v) is 18.9. The van der Waals surface area contributed by atoms with Crippen molar-refractivity contribution < 1.29 is 14.7 Å². The van der Waals surface area contributed by atoms with Gasteiger partial charge in [0.05, 0.1) is 21.4 Å². The van der Waals surface area contributed by atoms with Gasteiger partial charge in [-0.2, -0.15) is 0 Å². The molecule has 3 N–H and O–H groups in total. The Morgan fingerprint density at radius 3 is 2.65 bits per heavy atom. The van der Waals surface area contributed by atoms with Crippen LogP contribution in [0.5, 0.6) is 0 Å². The maximum atomic E-state index is 13.6. The monoisotopic (exact) mass is 461 g/mol. The fourth-order valence-corrected chi connectivity index (χ4v) is 4.83. The van der Waals surface area contributed by atoms with E-state index in [1.165, 1.54) is 12.1 Å². The second-order valence-corrected chi connectivity index (χ2v) is 9.24. The number of nitrogens with zero attached hydrogens (tertiary/aromatic N) is 1. The Morgan fingerprint density at radius 2 is 1.90 bits per heavy atom. The standard InChI is InChI=1S/C23H25Cl2N3O3/c1-13-6-5-9-19(14(13)2)26-21(29)23(31)16-7-3-4-8-20(16)27-22(30)28(23)15-10-11-17(24)18(25)12-15/h3-4,7-8,10-14,19,31H,5-6,9H2,1-2H3,(H,26,29)(H,27,30)/t13-,14-,19+,23-/m1/s1. The van der Waals surface area contributed by atoms with Gasteiger partial charge in [0, 0.05) is 11.6 Å². The Labute approximate surface area is 191 Å². The highest BCUT2D eigenvalue weighted by atomic mass is 35.5. The molecule has 4 rings (SSSR count). The molecule has 1 saturated carbocycles. The number of hydrogen-bond donors (Lipinski definition) is 3. The molecule has 1 heterocycles. The smallest absolute Gasteiger partial charge is 0.329 e. The van der Waals surface area contributed by atoms with Crippen molar-refractivity contribution >= 4 is 46.5 Å². The molecule has 164 valence electrons. The molecule has 0 unspecified atom stereocenters. The molecule has 0 bridgehead atoms. The lowest BCUT2D eigenvalue weighted by atomic mass is 9.78. The van der Waals surface area contributed by atoms with E-state index in [-0.39, 0.29) is 28.2 Å². The SMILES string of the molecule is C[C@@H]1[C@H](C)CCC[C@@H]1NC(=O)[C@]1(O)c2ccccc2NC(=O)N1c1ccc(Cl)c(Cl)c1. The number of fused-ring (bicyclic) bond motifs is 1. The van der Waals surface area contributed by atoms with Crippen LogP contribution in [0.4, 0.5) is 16.2 Å². The molecule has 31 heavy (non-hydrogen) atoms. The number of nitrogens with one attached hydrogen (secondary N) is 2. The van der Waals surface area contributed by atoms with Crippen molar-refractivity contribution in [2.75, 3.05) is 10.2 Å². The van der Waals surface area contributed by atoms with Gasteiger partial charge in [-0.3, -0.25) is 9.69 Å². The number of benzene rings is 2. The van der Waals surface area contributed by atoms with Crippen LogP contribution in [0, 0.1) is 11.8 Å². The number of amides is 3. The van der Waals surface area contributed by atoms with Gasteiger partial charge in [0.1, 0.15) is 0 Å². The highest BCUT2D eigenvalue weighted by Crippen LogP contribution is 2.41. The van der Waals surface area contributed by atoms with E-state index in [9.17, 15) is 14.7 Å². The van der Waals surface area contributed by atoms with Crippen LogP contribution in [-0.4, -0.2) is 23.1 Å². The van der Waals surface area contributed by atoms with Crippen molar-refractivity contribution in [2.45, 2.75) is 44.9 Å². The summed E-state index contributed by atoms with van der Waals surface area (Å²) in [6.07, 6.45) is 2.94. The fourth-order valence-electron chi connectivity index (χ4n) is 4.54. The molecule has 0 spiro atoms. The molecule has 6 nitrogen and oxygen atoms in total. The quantitative estimate of drug-likeness (QED) is 0.592. The second kappa shape index (κ2) is 8.34. The Bertz CT molecular complexity index is 1030. The largest absolute Gasteiger partial charge is 0.359 e. The summed E-state index contributed by atoms with van der Waals surface area (Å²) in [6, 6.07) is 10.5. The minimum Gasteiger partial charge on any atom is -0.359 e. The summed E-state index contributed by atoms with van der Waals surface area (Å²) in [5.74, 6) is 0.0704. The molecule has 3 amide bonds. The molecule has 1 aliphatic heterocycles. The minimum absolute atomic E-state index is 0.0897. The predicted molar refractivity (Wildman–Crippen MR) is 122 cm³/mol. The minimum atomic E-state index is -2.25. The predicted octanol–water partition coefficient (Wildman–Crippen LogP) is 5.13. The Hall–Kier alpha value is -2.28. The lowest BCUT2D eigenvalue weighted by molar-refractivity contribution is -0.141. The third-order valence-corrected chi connectivity index (χ3v) is 7.31. The number of anilines is 2. The Morgan fingerprint density at radius 1 is 1.16 bits per heavy atom. The van der Waals surface area contributed by atoms with Gasteiger partial charge in [-0.15, -0.1) is 0 Å². The highest BCUT2D eigenvalue weighted by Gasteiger charge is 2.52. The Kier molecular flexibility index (Phi) is 5.90.